The van der Waals surface area contributed by atoms with Crippen molar-refractivity contribution in [3.8, 4) is 0 Å². The average molecular weight is 262 g/mol. The van der Waals surface area contributed by atoms with Crippen molar-refractivity contribution in [3.63, 3.8) is 0 Å². The topological polar surface area (TPSA) is 15.3 Å². The van der Waals surface area contributed by atoms with Gasteiger partial charge in [0.1, 0.15) is 0 Å². The molecule has 2 heteroatoms. The van der Waals surface area contributed by atoms with Gasteiger partial charge in [-0.2, -0.15) is 0 Å². The SMILES string of the molecule is C1CCC(CN2CC(C3CC3)NCC23CCCC3)C1. The van der Waals surface area contributed by atoms with Gasteiger partial charge in [0.2, 0.25) is 0 Å². The van der Waals surface area contributed by atoms with Crippen LogP contribution in [0.15, 0.2) is 0 Å². The van der Waals surface area contributed by atoms with Gasteiger partial charge in [0, 0.05) is 31.2 Å². The standard InChI is InChI=1S/C17H30N2/c1-2-6-14(5-1)11-19-12-16(15-7-8-15)18-13-17(19)9-3-4-10-17/h14-16,18H,1-13H2. The summed E-state index contributed by atoms with van der Waals surface area (Å²) in [5, 5.41) is 3.93. The lowest BCUT2D eigenvalue weighted by Crippen LogP contribution is -2.64. The van der Waals surface area contributed by atoms with Crippen molar-refractivity contribution < 1.29 is 0 Å². The maximum atomic E-state index is 3.93. The summed E-state index contributed by atoms with van der Waals surface area (Å²) in [4.78, 5) is 2.97. The van der Waals surface area contributed by atoms with E-state index in [0.29, 0.717) is 5.54 Å². The van der Waals surface area contributed by atoms with Gasteiger partial charge in [0.25, 0.3) is 0 Å². The van der Waals surface area contributed by atoms with E-state index in [2.05, 4.69) is 10.2 Å². The number of rotatable bonds is 3. The van der Waals surface area contributed by atoms with Crippen LogP contribution in [0.5, 0.6) is 0 Å². The molecule has 4 rings (SSSR count). The van der Waals surface area contributed by atoms with Gasteiger partial charge < -0.3 is 5.32 Å². The zero-order valence-electron chi connectivity index (χ0n) is 12.4. The van der Waals surface area contributed by atoms with Gasteiger partial charge in [0.05, 0.1) is 0 Å². The molecule has 108 valence electrons. The van der Waals surface area contributed by atoms with E-state index in [1.165, 1.54) is 83.8 Å². The third-order valence-corrected chi connectivity index (χ3v) is 6.46. The summed E-state index contributed by atoms with van der Waals surface area (Å²) in [7, 11) is 0. The molecule has 1 aliphatic heterocycles. The smallest absolute Gasteiger partial charge is 0.0334 e. The minimum absolute atomic E-state index is 0.563. The number of nitrogens with zero attached hydrogens (tertiary/aromatic N) is 1. The molecule has 0 aromatic heterocycles. The van der Waals surface area contributed by atoms with Gasteiger partial charge in [0.15, 0.2) is 0 Å². The highest BCUT2D eigenvalue weighted by atomic mass is 15.3. The van der Waals surface area contributed by atoms with Gasteiger partial charge in [-0.05, 0) is 50.4 Å². The van der Waals surface area contributed by atoms with Crippen molar-refractivity contribution in [2.45, 2.75) is 75.8 Å². The van der Waals surface area contributed by atoms with E-state index in [4.69, 9.17) is 0 Å². The second-order valence-electron chi connectivity index (χ2n) is 7.81. The van der Waals surface area contributed by atoms with Crippen molar-refractivity contribution >= 4 is 0 Å². The molecule has 2 nitrogen and oxygen atoms in total. The molecule has 3 saturated carbocycles. The second-order valence-corrected chi connectivity index (χ2v) is 7.81. The Morgan fingerprint density at radius 2 is 1.68 bits per heavy atom. The highest BCUT2D eigenvalue weighted by molar-refractivity contribution is 5.04. The Hall–Kier alpha value is -0.0800. The molecule has 0 bridgehead atoms. The van der Waals surface area contributed by atoms with Gasteiger partial charge in [-0.1, -0.05) is 25.7 Å². The van der Waals surface area contributed by atoms with E-state index in [1.54, 1.807) is 0 Å². The molecule has 0 amide bonds. The number of nitrogens with one attached hydrogen (secondary N) is 1. The predicted octanol–water partition coefficient (Wildman–Crippen LogP) is 3.17. The number of hydrogen-bond acceptors (Lipinski definition) is 2. The normalized spacial score (nSPS) is 36.3. The predicted molar refractivity (Wildman–Crippen MR) is 79.2 cm³/mol. The molecule has 3 aliphatic carbocycles. The lowest BCUT2D eigenvalue weighted by Gasteiger charge is -2.49. The fourth-order valence-electron chi connectivity index (χ4n) is 5.04. The quantitative estimate of drug-likeness (QED) is 0.840. The molecule has 1 atom stereocenters. The van der Waals surface area contributed by atoms with Crippen molar-refractivity contribution in [2.75, 3.05) is 19.6 Å². The van der Waals surface area contributed by atoms with Crippen LogP contribution in [-0.2, 0) is 0 Å². The Kier molecular flexibility index (Phi) is 3.35. The molecule has 0 aromatic rings. The first-order chi connectivity index (χ1) is 9.36. The summed E-state index contributed by atoms with van der Waals surface area (Å²) in [5.74, 6) is 2.04. The second kappa shape index (κ2) is 5.04. The molecular formula is C17H30N2. The van der Waals surface area contributed by atoms with Crippen molar-refractivity contribution in [1.29, 1.82) is 0 Å². The molecule has 1 heterocycles. The van der Waals surface area contributed by atoms with Crippen LogP contribution in [0.3, 0.4) is 0 Å². The van der Waals surface area contributed by atoms with Crippen LogP contribution in [0, 0.1) is 11.8 Å². The number of piperazine rings is 1. The van der Waals surface area contributed by atoms with Crippen LogP contribution in [0.2, 0.25) is 0 Å². The maximum absolute atomic E-state index is 3.93. The maximum Gasteiger partial charge on any atom is 0.0334 e. The average Bonchev–Trinajstić information content (AvgIpc) is 2.95. The lowest BCUT2D eigenvalue weighted by molar-refractivity contribution is 0.0256. The van der Waals surface area contributed by atoms with Crippen LogP contribution in [0.4, 0.5) is 0 Å². The molecule has 1 N–H and O–H groups in total. The van der Waals surface area contributed by atoms with Crippen molar-refractivity contribution in [3.05, 3.63) is 0 Å². The Balaban J connectivity index is 1.46. The van der Waals surface area contributed by atoms with Gasteiger partial charge in [-0.3, -0.25) is 4.90 Å². The molecule has 0 aromatic carbocycles. The summed E-state index contributed by atoms with van der Waals surface area (Å²) in [5.41, 5.74) is 0.563. The van der Waals surface area contributed by atoms with E-state index < -0.39 is 0 Å². The Morgan fingerprint density at radius 1 is 0.947 bits per heavy atom. The zero-order chi connectivity index (χ0) is 12.7. The first-order valence-corrected chi connectivity index (χ1v) is 8.84. The van der Waals surface area contributed by atoms with E-state index in [9.17, 15) is 0 Å². The van der Waals surface area contributed by atoms with E-state index in [0.717, 1.165) is 17.9 Å². The van der Waals surface area contributed by atoms with Crippen LogP contribution < -0.4 is 5.32 Å². The fraction of sp³-hybridized carbons (Fsp3) is 1.00. The third kappa shape index (κ3) is 2.47. The van der Waals surface area contributed by atoms with Crippen LogP contribution >= 0.6 is 0 Å². The molecule has 4 aliphatic rings. The fourth-order valence-corrected chi connectivity index (χ4v) is 5.04. The summed E-state index contributed by atoms with van der Waals surface area (Å²) in [6.07, 6.45) is 14.8. The number of hydrogen-bond donors (Lipinski definition) is 1. The van der Waals surface area contributed by atoms with Crippen LogP contribution in [0.1, 0.15) is 64.2 Å². The van der Waals surface area contributed by atoms with Crippen LogP contribution in [-0.4, -0.2) is 36.1 Å². The first kappa shape index (κ1) is 12.6. The van der Waals surface area contributed by atoms with Gasteiger partial charge >= 0.3 is 0 Å². The summed E-state index contributed by atoms with van der Waals surface area (Å²) in [6, 6.07) is 0.827. The molecule has 1 spiro atoms. The van der Waals surface area contributed by atoms with Crippen molar-refractivity contribution in [2.24, 2.45) is 11.8 Å². The monoisotopic (exact) mass is 262 g/mol. The molecule has 0 radical (unpaired) electrons. The minimum atomic E-state index is 0.563. The molecule has 4 fully saturated rings. The Bertz CT molecular complexity index is 309. The largest absolute Gasteiger partial charge is 0.311 e. The van der Waals surface area contributed by atoms with Crippen LogP contribution in [0.25, 0.3) is 0 Å². The molecule has 19 heavy (non-hydrogen) atoms. The van der Waals surface area contributed by atoms with Crippen molar-refractivity contribution in [1.82, 2.24) is 10.2 Å². The summed E-state index contributed by atoms with van der Waals surface area (Å²) < 4.78 is 0. The minimum Gasteiger partial charge on any atom is -0.311 e. The molecule has 1 saturated heterocycles. The highest BCUT2D eigenvalue weighted by Gasteiger charge is 2.46. The van der Waals surface area contributed by atoms with E-state index >= 15 is 0 Å². The molecular weight excluding hydrogens is 232 g/mol. The first-order valence-electron chi connectivity index (χ1n) is 8.84. The van der Waals surface area contributed by atoms with Gasteiger partial charge in [-0.25, -0.2) is 0 Å². The van der Waals surface area contributed by atoms with E-state index in [-0.39, 0.29) is 0 Å². The Morgan fingerprint density at radius 3 is 2.37 bits per heavy atom. The highest BCUT2D eigenvalue weighted by Crippen LogP contribution is 2.42. The third-order valence-electron chi connectivity index (χ3n) is 6.46. The zero-order valence-corrected chi connectivity index (χ0v) is 12.4. The Labute approximate surface area is 118 Å². The lowest BCUT2D eigenvalue weighted by atomic mass is 9.88. The summed E-state index contributed by atoms with van der Waals surface area (Å²) in [6.45, 7) is 4.08. The van der Waals surface area contributed by atoms with E-state index in [1.807, 2.05) is 0 Å². The molecule has 1 unspecified atom stereocenters. The summed E-state index contributed by atoms with van der Waals surface area (Å²) >= 11 is 0. The van der Waals surface area contributed by atoms with Gasteiger partial charge in [-0.15, -0.1) is 0 Å².